The summed E-state index contributed by atoms with van der Waals surface area (Å²) in [6.45, 7) is 4.59. The third kappa shape index (κ3) is 3.46. The van der Waals surface area contributed by atoms with Crippen molar-refractivity contribution in [3.05, 3.63) is 22.7 Å². The summed E-state index contributed by atoms with van der Waals surface area (Å²) >= 11 is 3.25. The van der Waals surface area contributed by atoms with Crippen molar-refractivity contribution >= 4 is 31.6 Å². The van der Waals surface area contributed by atoms with Crippen molar-refractivity contribution in [2.75, 3.05) is 19.3 Å². The summed E-state index contributed by atoms with van der Waals surface area (Å²) in [5, 5.41) is 0. The van der Waals surface area contributed by atoms with Gasteiger partial charge in [-0.1, -0.05) is 20.3 Å². The molecule has 1 atom stereocenters. The molecule has 0 fully saturated rings. The van der Waals surface area contributed by atoms with E-state index in [0.717, 1.165) is 6.42 Å². The first-order valence-electron chi connectivity index (χ1n) is 5.80. The minimum Gasteiger partial charge on any atom is -0.399 e. The lowest BCUT2D eigenvalue weighted by Crippen LogP contribution is -2.31. The number of halogens is 1. The molecule has 102 valence electrons. The molecule has 18 heavy (non-hydrogen) atoms. The summed E-state index contributed by atoms with van der Waals surface area (Å²) in [7, 11) is -1.86. The lowest BCUT2D eigenvalue weighted by molar-refractivity contribution is 0.393. The Morgan fingerprint density at radius 3 is 2.56 bits per heavy atom. The van der Waals surface area contributed by atoms with E-state index < -0.39 is 10.0 Å². The molecule has 0 heterocycles. The standard InChI is InChI=1S/C12H19BrN2O2S/c1-4-9(2)8-15(3)18(16,17)12-6-5-10(14)7-11(12)13/h5-7,9H,4,8,14H2,1-3H3. The number of nitrogens with two attached hydrogens (primary N) is 1. The Morgan fingerprint density at radius 1 is 1.44 bits per heavy atom. The van der Waals surface area contributed by atoms with Crippen molar-refractivity contribution in [1.29, 1.82) is 0 Å². The maximum atomic E-state index is 12.4. The third-order valence-electron chi connectivity index (χ3n) is 2.91. The maximum absolute atomic E-state index is 12.4. The van der Waals surface area contributed by atoms with Crippen molar-refractivity contribution in [2.24, 2.45) is 5.92 Å². The fraction of sp³-hybridized carbons (Fsp3) is 0.500. The Labute approximate surface area is 117 Å². The van der Waals surface area contributed by atoms with Crippen LogP contribution in [0.5, 0.6) is 0 Å². The van der Waals surface area contributed by atoms with Crippen LogP contribution in [-0.2, 0) is 10.0 Å². The molecule has 0 saturated carbocycles. The molecule has 2 N–H and O–H groups in total. The molecule has 0 aliphatic carbocycles. The fourth-order valence-electron chi connectivity index (χ4n) is 1.56. The predicted octanol–water partition coefficient (Wildman–Crippen LogP) is 2.70. The van der Waals surface area contributed by atoms with Gasteiger partial charge in [-0.15, -0.1) is 0 Å². The van der Waals surface area contributed by atoms with E-state index in [1.54, 1.807) is 19.2 Å². The highest BCUT2D eigenvalue weighted by Crippen LogP contribution is 2.26. The molecular weight excluding hydrogens is 316 g/mol. The second-order valence-corrected chi connectivity index (χ2v) is 7.36. The van der Waals surface area contributed by atoms with E-state index in [0.29, 0.717) is 22.6 Å². The molecule has 1 aromatic carbocycles. The SMILES string of the molecule is CCC(C)CN(C)S(=O)(=O)c1ccc(N)cc1Br. The van der Waals surface area contributed by atoms with Gasteiger partial charge in [-0.3, -0.25) is 0 Å². The zero-order chi connectivity index (χ0) is 13.9. The number of benzene rings is 1. The van der Waals surface area contributed by atoms with Crippen LogP contribution in [0.1, 0.15) is 20.3 Å². The first-order chi connectivity index (χ1) is 8.28. The summed E-state index contributed by atoms with van der Waals surface area (Å²) < 4.78 is 26.6. The van der Waals surface area contributed by atoms with Crippen molar-refractivity contribution in [1.82, 2.24) is 4.31 Å². The summed E-state index contributed by atoms with van der Waals surface area (Å²) in [5.74, 6) is 0.331. The minimum absolute atomic E-state index is 0.252. The molecule has 0 aliphatic rings. The quantitative estimate of drug-likeness (QED) is 0.842. The van der Waals surface area contributed by atoms with E-state index >= 15 is 0 Å². The van der Waals surface area contributed by atoms with E-state index in [-0.39, 0.29) is 4.90 Å². The van der Waals surface area contributed by atoms with Gasteiger partial charge in [0.1, 0.15) is 0 Å². The number of nitrogen functional groups attached to an aromatic ring is 1. The molecule has 0 aromatic heterocycles. The zero-order valence-corrected chi connectivity index (χ0v) is 13.3. The van der Waals surface area contributed by atoms with Gasteiger partial charge < -0.3 is 5.73 Å². The Kier molecular flexibility index (Phi) is 5.19. The number of nitrogens with zero attached hydrogens (tertiary/aromatic N) is 1. The smallest absolute Gasteiger partial charge is 0.243 e. The molecule has 0 bridgehead atoms. The van der Waals surface area contributed by atoms with Gasteiger partial charge in [-0.2, -0.15) is 0 Å². The highest BCUT2D eigenvalue weighted by Gasteiger charge is 2.24. The normalized spacial score (nSPS) is 13.8. The largest absolute Gasteiger partial charge is 0.399 e. The molecule has 0 aliphatic heterocycles. The Hall–Kier alpha value is -0.590. The molecule has 1 unspecified atom stereocenters. The average Bonchev–Trinajstić information content (AvgIpc) is 2.28. The van der Waals surface area contributed by atoms with Gasteiger partial charge >= 0.3 is 0 Å². The molecule has 0 saturated heterocycles. The third-order valence-corrected chi connectivity index (χ3v) is 5.71. The van der Waals surface area contributed by atoms with Crippen molar-refractivity contribution in [3.8, 4) is 0 Å². The van der Waals surface area contributed by atoms with E-state index in [2.05, 4.69) is 15.9 Å². The van der Waals surface area contributed by atoms with Gasteiger partial charge in [0, 0.05) is 23.8 Å². The van der Waals surface area contributed by atoms with Gasteiger partial charge in [-0.05, 0) is 40.0 Å². The number of hydrogen-bond acceptors (Lipinski definition) is 3. The lowest BCUT2D eigenvalue weighted by atomic mass is 10.1. The first kappa shape index (κ1) is 15.5. The van der Waals surface area contributed by atoms with Gasteiger partial charge in [0.2, 0.25) is 10.0 Å². The highest BCUT2D eigenvalue weighted by atomic mass is 79.9. The molecule has 1 rings (SSSR count). The van der Waals surface area contributed by atoms with Crippen LogP contribution in [0.25, 0.3) is 0 Å². The summed E-state index contributed by atoms with van der Waals surface area (Å²) in [6.07, 6.45) is 0.947. The summed E-state index contributed by atoms with van der Waals surface area (Å²) in [6, 6.07) is 4.72. The van der Waals surface area contributed by atoms with Crippen LogP contribution in [0.4, 0.5) is 5.69 Å². The monoisotopic (exact) mass is 334 g/mol. The molecule has 0 radical (unpaired) electrons. The highest BCUT2D eigenvalue weighted by molar-refractivity contribution is 9.10. The maximum Gasteiger partial charge on any atom is 0.243 e. The van der Waals surface area contributed by atoms with Crippen LogP contribution < -0.4 is 5.73 Å². The topological polar surface area (TPSA) is 63.4 Å². The van der Waals surface area contributed by atoms with Crippen LogP contribution in [0.3, 0.4) is 0 Å². The predicted molar refractivity (Wildman–Crippen MR) is 77.8 cm³/mol. The summed E-state index contributed by atoms with van der Waals surface area (Å²) in [5.41, 5.74) is 6.14. The van der Waals surface area contributed by atoms with Crippen molar-refractivity contribution in [3.63, 3.8) is 0 Å². The van der Waals surface area contributed by atoms with E-state index in [4.69, 9.17) is 5.73 Å². The second-order valence-electron chi connectivity index (χ2n) is 4.49. The van der Waals surface area contributed by atoms with Gasteiger partial charge in [0.05, 0.1) is 4.90 Å². The zero-order valence-electron chi connectivity index (χ0n) is 10.9. The molecule has 0 spiro atoms. The molecule has 1 aromatic rings. The van der Waals surface area contributed by atoms with Crippen molar-refractivity contribution < 1.29 is 8.42 Å². The van der Waals surface area contributed by atoms with Crippen LogP contribution in [0, 0.1) is 5.92 Å². The number of hydrogen-bond donors (Lipinski definition) is 1. The minimum atomic E-state index is -3.46. The average molecular weight is 335 g/mol. The van der Waals surface area contributed by atoms with Gasteiger partial charge in [0.25, 0.3) is 0 Å². The fourth-order valence-corrected chi connectivity index (χ4v) is 3.90. The Bertz CT molecular complexity index is 517. The Morgan fingerprint density at radius 2 is 2.06 bits per heavy atom. The van der Waals surface area contributed by atoms with Crippen LogP contribution in [-0.4, -0.2) is 26.3 Å². The van der Waals surface area contributed by atoms with Crippen LogP contribution >= 0.6 is 15.9 Å². The molecular formula is C12H19BrN2O2S. The van der Waals surface area contributed by atoms with E-state index in [1.165, 1.54) is 10.4 Å². The van der Waals surface area contributed by atoms with E-state index in [9.17, 15) is 8.42 Å². The molecule has 4 nitrogen and oxygen atoms in total. The van der Waals surface area contributed by atoms with Gasteiger partial charge in [0.15, 0.2) is 0 Å². The van der Waals surface area contributed by atoms with Crippen molar-refractivity contribution in [2.45, 2.75) is 25.2 Å². The molecule has 0 amide bonds. The number of sulfonamides is 1. The van der Waals surface area contributed by atoms with Gasteiger partial charge in [-0.25, -0.2) is 12.7 Å². The lowest BCUT2D eigenvalue weighted by Gasteiger charge is -2.21. The molecule has 6 heteroatoms. The van der Waals surface area contributed by atoms with E-state index in [1.807, 2.05) is 13.8 Å². The van der Waals surface area contributed by atoms with Crippen LogP contribution in [0.15, 0.2) is 27.6 Å². The summed E-state index contributed by atoms with van der Waals surface area (Å²) in [4.78, 5) is 0.252. The van der Waals surface area contributed by atoms with Crippen LogP contribution in [0.2, 0.25) is 0 Å². The number of rotatable bonds is 5. The first-order valence-corrected chi connectivity index (χ1v) is 8.03. The Balaban J connectivity index is 3.06. The second kappa shape index (κ2) is 6.04. The number of anilines is 1.